The van der Waals surface area contributed by atoms with Crippen LogP contribution in [0.2, 0.25) is 0 Å². The van der Waals surface area contributed by atoms with E-state index < -0.39 is 0 Å². The Labute approximate surface area is 202 Å². The van der Waals surface area contributed by atoms with E-state index >= 15 is 0 Å². The Morgan fingerprint density at radius 1 is 0.882 bits per heavy atom. The molecule has 1 aliphatic rings. The van der Waals surface area contributed by atoms with Crippen molar-refractivity contribution in [3.8, 4) is 23.0 Å². The smallest absolute Gasteiger partial charge is 0.224 e. The molecular formula is C26H36N2O6. The summed E-state index contributed by atoms with van der Waals surface area (Å²) < 4.78 is 28.6. The highest BCUT2D eigenvalue weighted by Gasteiger charge is 2.20. The molecule has 8 nitrogen and oxygen atoms in total. The van der Waals surface area contributed by atoms with Crippen molar-refractivity contribution in [1.82, 2.24) is 0 Å². The number of nitrogens with one attached hydrogen (secondary N) is 1. The Kier molecular flexibility index (Phi) is 10.2. The van der Waals surface area contributed by atoms with E-state index in [0.717, 1.165) is 24.5 Å². The minimum atomic E-state index is -0.107. The lowest BCUT2D eigenvalue weighted by molar-refractivity contribution is -0.116. The van der Waals surface area contributed by atoms with E-state index in [9.17, 15) is 4.79 Å². The van der Waals surface area contributed by atoms with Gasteiger partial charge in [-0.25, -0.2) is 0 Å². The highest BCUT2D eigenvalue weighted by molar-refractivity contribution is 5.93. The lowest BCUT2D eigenvalue weighted by atomic mass is 10.2. The minimum absolute atomic E-state index is 0.107. The standard InChI is InChI=1S/C26H36N2O6/c1-4-31-22-10-7-8-11-23(22)34-15-9-12-26(29)27-20-18-25(33-6-3)21(19-24(20)32-5-2)28-13-16-30-17-14-28/h7-8,10-11,18-19H,4-6,9,12-17H2,1-3H3,(H,27,29). The number of morpholine rings is 1. The number of hydrogen-bond acceptors (Lipinski definition) is 7. The molecule has 0 radical (unpaired) electrons. The molecule has 2 aromatic rings. The second-order valence-electron chi connectivity index (χ2n) is 7.66. The van der Waals surface area contributed by atoms with Gasteiger partial charge in [0.25, 0.3) is 0 Å². The van der Waals surface area contributed by atoms with E-state index in [0.29, 0.717) is 75.4 Å². The summed E-state index contributed by atoms with van der Waals surface area (Å²) >= 11 is 0. The van der Waals surface area contributed by atoms with Gasteiger partial charge in [0.1, 0.15) is 11.5 Å². The van der Waals surface area contributed by atoms with Gasteiger partial charge in [-0.05, 0) is 39.3 Å². The fraction of sp³-hybridized carbons (Fsp3) is 0.500. The van der Waals surface area contributed by atoms with Crippen molar-refractivity contribution in [1.29, 1.82) is 0 Å². The molecule has 0 unspecified atom stereocenters. The van der Waals surface area contributed by atoms with Gasteiger partial charge in [-0.2, -0.15) is 0 Å². The average Bonchev–Trinajstić information content (AvgIpc) is 2.85. The summed E-state index contributed by atoms with van der Waals surface area (Å²) in [5.41, 5.74) is 1.56. The zero-order chi connectivity index (χ0) is 24.2. The molecule has 1 N–H and O–H groups in total. The Morgan fingerprint density at radius 2 is 1.50 bits per heavy atom. The van der Waals surface area contributed by atoms with Crippen molar-refractivity contribution in [2.45, 2.75) is 33.6 Å². The third-order valence-corrected chi connectivity index (χ3v) is 5.24. The van der Waals surface area contributed by atoms with Crippen molar-refractivity contribution < 1.29 is 28.5 Å². The number of hydrogen-bond donors (Lipinski definition) is 1. The first-order valence-electron chi connectivity index (χ1n) is 12.1. The van der Waals surface area contributed by atoms with Gasteiger partial charge in [-0.3, -0.25) is 4.79 Å². The zero-order valence-corrected chi connectivity index (χ0v) is 20.4. The van der Waals surface area contributed by atoms with Crippen molar-refractivity contribution in [3.05, 3.63) is 36.4 Å². The number of ether oxygens (including phenoxy) is 5. The van der Waals surface area contributed by atoms with Crippen molar-refractivity contribution in [2.24, 2.45) is 0 Å². The first-order valence-corrected chi connectivity index (χ1v) is 12.1. The van der Waals surface area contributed by atoms with Crippen LogP contribution in [0.3, 0.4) is 0 Å². The average molecular weight is 473 g/mol. The Bertz CT molecular complexity index is 914. The molecule has 8 heteroatoms. The zero-order valence-electron chi connectivity index (χ0n) is 20.4. The molecule has 1 aliphatic heterocycles. The maximum Gasteiger partial charge on any atom is 0.224 e. The Balaban J connectivity index is 1.62. The lowest BCUT2D eigenvalue weighted by Crippen LogP contribution is -2.36. The summed E-state index contributed by atoms with van der Waals surface area (Å²) in [6.45, 7) is 10.7. The quantitative estimate of drug-likeness (QED) is 0.430. The topological polar surface area (TPSA) is 78.5 Å². The molecule has 0 saturated carbocycles. The van der Waals surface area contributed by atoms with Crippen LogP contribution < -0.4 is 29.2 Å². The first kappa shape index (κ1) is 25.5. The highest BCUT2D eigenvalue weighted by Crippen LogP contribution is 2.39. The molecule has 0 aromatic heterocycles. The summed E-state index contributed by atoms with van der Waals surface area (Å²) in [6.07, 6.45) is 0.887. The molecule has 3 rings (SSSR count). The van der Waals surface area contributed by atoms with Crippen LogP contribution in [0.4, 0.5) is 11.4 Å². The number of nitrogens with zero attached hydrogens (tertiary/aromatic N) is 1. The van der Waals surface area contributed by atoms with E-state index in [2.05, 4.69) is 10.2 Å². The van der Waals surface area contributed by atoms with Gasteiger partial charge in [-0.15, -0.1) is 0 Å². The number of rotatable bonds is 13. The second kappa shape index (κ2) is 13.5. The number of benzene rings is 2. The van der Waals surface area contributed by atoms with Crippen molar-refractivity contribution in [2.75, 3.05) is 62.9 Å². The van der Waals surface area contributed by atoms with Gasteiger partial charge in [-0.1, -0.05) is 12.1 Å². The summed E-state index contributed by atoms with van der Waals surface area (Å²) in [4.78, 5) is 14.9. The SMILES string of the molecule is CCOc1cc(N2CCOCC2)c(OCC)cc1NC(=O)CCCOc1ccccc1OCC. The largest absolute Gasteiger partial charge is 0.492 e. The van der Waals surface area contributed by atoms with Crippen LogP contribution in [0.5, 0.6) is 23.0 Å². The maximum atomic E-state index is 12.7. The molecule has 1 fully saturated rings. The first-order chi connectivity index (χ1) is 16.7. The molecule has 0 atom stereocenters. The molecule has 1 heterocycles. The summed E-state index contributed by atoms with van der Waals surface area (Å²) in [7, 11) is 0. The highest BCUT2D eigenvalue weighted by atomic mass is 16.5. The van der Waals surface area contributed by atoms with Gasteiger partial charge in [0.05, 0.1) is 51.0 Å². The lowest BCUT2D eigenvalue weighted by Gasteiger charge is -2.31. The molecule has 2 aromatic carbocycles. The van der Waals surface area contributed by atoms with Crippen LogP contribution in [0, 0.1) is 0 Å². The Morgan fingerprint density at radius 3 is 2.18 bits per heavy atom. The predicted octanol–water partition coefficient (Wildman–Crippen LogP) is 4.52. The van der Waals surface area contributed by atoms with Crippen LogP contribution in [0.15, 0.2) is 36.4 Å². The number of para-hydroxylation sites is 2. The summed E-state index contributed by atoms with van der Waals surface area (Å²) in [5.74, 6) is 2.63. The second-order valence-corrected chi connectivity index (χ2v) is 7.66. The molecule has 0 spiro atoms. The number of carbonyl (C=O) groups is 1. The van der Waals surface area contributed by atoms with Crippen molar-refractivity contribution >= 4 is 17.3 Å². The van der Waals surface area contributed by atoms with Gasteiger partial charge in [0.15, 0.2) is 11.5 Å². The molecule has 186 valence electrons. The number of carbonyl (C=O) groups excluding carboxylic acids is 1. The van der Waals surface area contributed by atoms with Gasteiger partial charge < -0.3 is 33.9 Å². The minimum Gasteiger partial charge on any atom is -0.492 e. The Hall–Kier alpha value is -3.13. The van der Waals surface area contributed by atoms with Gasteiger partial charge >= 0.3 is 0 Å². The number of amides is 1. The van der Waals surface area contributed by atoms with Crippen molar-refractivity contribution in [3.63, 3.8) is 0 Å². The molecule has 34 heavy (non-hydrogen) atoms. The normalized spacial score (nSPS) is 13.3. The fourth-order valence-electron chi connectivity index (χ4n) is 3.72. The molecule has 0 aliphatic carbocycles. The van der Waals surface area contributed by atoms with Crippen LogP contribution in [0.1, 0.15) is 33.6 Å². The third-order valence-electron chi connectivity index (χ3n) is 5.24. The van der Waals surface area contributed by atoms with Gasteiger partial charge in [0.2, 0.25) is 5.91 Å². The van der Waals surface area contributed by atoms with E-state index in [4.69, 9.17) is 23.7 Å². The summed E-state index contributed by atoms with van der Waals surface area (Å²) in [5, 5.41) is 2.99. The van der Waals surface area contributed by atoms with E-state index in [1.54, 1.807) is 0 Å². The van der Waals surface area contributed by atoms with E-state index in [1.807, 2.05) is 57.2 Å². The van der Waals surface area contributed by atoms with Crippen LogP contribution in [0.25, 0.3) is 0 Å². The monoisotopic (exact) mass is 472 g/mol. The maximum absolute atomic E-state index is 12.7. The fourth-order valence-corrected chi connectivity index (χ4v) is 3.72. The van der Waals surface area contributed by atoms with E-state index in [1.165, 1.54) is 0 Å². The predicted molar refractivity (Wildman–Crippen MR) is 133 cm³/mol. The number of anilines is 2. The third kappa shape index (κ3) is 7.18. The molecular weight excluding hydrogens is 436 g/mol. The molecule has 1 saturated heterocycles. The van der Waals surface area contributed by atoms with Gasteiger partial charge in [0, 0.05) is 31.6 Å². The van der Waals surface area contributed by atoms with Crippen LogP contribution in [-0.2, 0) is 9.53 Å². The van der Waals surface area contributed by atoms with Crippen LogP contribution in [-0.4, -0.2) is 58.6 Å². The molecule has 0 bridgehead atoms. The molecule has 1 amide bonds. The van der Waals surface area contributed by atoms with Crippen LogP contribution >= 0.6 is 0 Å². The van der Waals surface area contributed by atoms with E-state index in [-0.39, 0.29) is 5.91 Å². The summed E-state index contributed by atoms with van der Waals surface area (Å²) in [6, 6.07) is 11.3.